The third-order valence-electron chi connectivity index (χ3n) is 5.31. The number of benzene rings is 1. The third-order valence-corrected chi connectivity index (χ3v) is 5.31. The molecule has 2 aliphatic rings. The van der Waals surface area contributed by atoms with E-state index in [9.17, 15) is 4.79 Å². The summed E-state index contributed by atoms with van der Waals surface area (Å²) in [5, 5.41) is 3.67. The average molecular weight is 272 g/mol. The topological polar surface area (TPSA) is 32.3 Å². The van der Waals surface area contributed by atoms with Gasteiger partial charge in [0, 0.05) is 31.7 Å². The van der Waals surface area contributed by atoms with Crippen molar-refractivity contribution in [2.45, 2.75) is 45.1 Å². The van der Waals surface area contributed by atoms with Crippen molar-refractivity contribution in [3.8, 4) is 0 Å². The maximum Gasteiger partial charge on any atom is 0.228 e. The van der Waals surface area contributed by atoms with Crippen LogP contribution in [0, 0.1) is 5.41 Å². The van der Waals surface area contributed by atoms with Gasteiger partial charge in [-0.2, -0.15) is 0 Å². The number of nitrogens with zero attached hydrogens (tertiary/aromatic N) is 1. The molecule has 3 rings (SSSR count). The fourth-order valence-electron chi connectivity index (χ4n) is 3.50. The van der Waals surface area contributed by atoms with Crippen LogP contribution in [-0.4, -0.2) is 19.5 Å². The van der Waals surface area contributed by atoms with E-state index in [1.54, 1.807) is 4.90 Å². The zero-order valence-electron chi connectivity index (χ0n) is 12.5. The molecule has 1 fully saturated rings. The van der Waals surface area contributed by atoms with Gasteiger partial charge in [-0.15, -0.1) is 0 Å². The van der Waals surface area contributed by atoms with E-state index in [1.807, 2.05) is 19.2 Å². The lowest BCUT2D eigenvalue weighted by molar-refractivity contribution is -0.119. The molecule has 1 N–H and O–H groups in total. The number of carbonyl (C=O) groups is 1. The van der Waals surface area contributed by atoms with Crippen molar-refractivity contribution >= 4 is 11.6 Å². The monoisotopic (exact) mass is 272 g/mol. The van der Waals surface area contributed by atoms with Gasteiger partial charge in [-0.1, -0.05) is 31.5 Å². The van der Waals surface area contributed by atoms with Gasteiger partial charge >= 0.3 is 0 Å². The molecule has 3 nitrogen and oxygen atoms in total. The Kier molecular flexibility index (Phi) is 3.55. The average Bonchev–Trinajstić information content (AvgIpc) is 2.43. The highest BCUT2D eigenvalue weighted by Gasteiger charge is 2.36. The number of para-hydroxylation sites is 1. The first kappa shape index (κ1) is 13.6. The minimum atomic E-state index is 0.180. The van der Waals surface area contributed by atoms with Gasteiger partial charge in [0.15, 0.2) is 0 Å². The van der Waals surface area contributed by atoms with Gasteiger partial charge in [-0.3, -0.25) is 4.79 Å². The molecule has 0 bridgehead atoms. The molecule has 1 aromatic rings. The summed E-state index contributed by atoms with van der Waals surface area (Å²) >= 11 is 0. The number of nitrogens with one attached hydrogen (secondary N) is 1. The maximum absolute atomic E-state index is 12.1. The lowest BCUT2D eigenvalue weighted by Crippen LogP contribution is -2.44. The molecule has 1 atom stereocenters. The molecule has 0 aromatic heterocycles. The van der Waals surface area contributed by atoms with Gasteiger partial charge in [0.05, 0.1) is 0 Å². The second-order valence-electron chi connectivity index (χ2n) is 6.36. The van der Waals surface area contributed by atoms with Crippen LogP contribution in [0.15, 0.2) is 24.3 Å². The smallest absolute Gasteiger partial charge is 0.228 e. The van der Waals surface area contributed by atoms with Crippen LogP contribution in [0.3, 0.4) is 0 Å². The van der Waals surface area contributed by atoms with Crippen LogP contribution in [0.2, 0.25) is 0 Å². The SMILES string of the molecule is CCC1(CNC2CC(=O)N(C)c3ccccc32)CCC1. The van der Waals surface area contributed by atoms with E-state index >= 15 is 0 Å². The fraction of sp³-hybridized carbons (Fsp3) is 0.588. The number of anilines is 1. The summed E-state index contributed by atoms with van der Waals surface area (Å²) in [7, 11) is 1.87. The van der Waals surface area contributed by atoms with E-state index in [-0.39, 0.29) is 11.9 Å². The molecule has 1 heterocycles. The van der Waals surface area contributed by atoms with E-state index in [1.165, 1.54) is 31.2 Å². The molecule has 0 saturated heterocycles. The highest BCUT2D eigenvalue weighted by molar-refractivity contribution is 5.96. The Hall–Kier alpha value is -1.35. The van der Waals surface area contributed by atoms with Crippen molar-refractivity contribution in [1.82, 2.24) is 5.32 Å². The molecule has 1 unspecified atom stereocenters. The first-order valence-corrected chi connectivity index (χ1v) is 7.74. The number of amides is 1. The Morgan fingerprint density at radius 3 is 2.75 bits per heavy atom. The molecule has 0 spiro atoms. The quantitative estimate of drug-likeness (QED) is 0.912. The Bertz CT molecular complexity index is 502. The van der Waals surface area contributed by atoms with Gasteiger partial charge in [0.2, 0.25) is 5.91 Å². The highest BCUT2D eigenvalue weighted by Crippen LogP contribution is 2.44. The molecule has 108 valence electrons. The maximum atomic E-state index is 12.1. The first-order valence-electron chi connectivity index (χ1n) is 7.74. The Labute approximate surface area is 121 Å². The number of fused-ring (bicyclic) bond motifs is 1. The van der Waals surface area contributed by atoms with Crippen molar-refractivity contribution < 1.29 is 4.79 Å². The normalized spacial score (nSPS) is 24.2. The molecular formula is C17H24N2O. The van der Waals surface area contributed by atoms with Crippen LogP contribution >= 0.6 is 0 Å². The summed E-state index contributed by atoms with van der Waals surface area (Å²) in [6.45, 7) is 3.33. The molecule has 1 amide bonds. The van der Waals surface area contributed by atoms with Crippen LogP contribution in [0.5, 0.6) is 0 Å². The highest BCUT2D eigenvalue weighted by atomic mass is 16.2. The summed E-state index contributed by atoms with van der Waals surface area (Å²) < 4.78 is 0. The molecule has 1 aliphatic heterocycles. The zero-order valence-corrected chi connectivity index (χ0v) is 12.5. The van der Waals surface area contributed by atoms with Crippen molar-refractivity contribution in [3.05, 3.63) is 29.8 Å². The summed E-state index contributed by atoms with van der Waals surface area (Å²) in [5.74, 6) is 0.209. The van der Waals surface area contributed by atoms with Crippen molar-refractivity contribution in [1.29, 1.82) is 0 Å². The number of hydrogen-bond donors (Lipinski definition) is 1. The van der Waals surface area contributed by atoms with Gasteiger partial charge in [0.1, 0.15) is 0 Å². The van der Waals surface area contributed by atoms with E-state index < -0.39 is 0 Å². The molecule has 1 saturated carbocycles. The standard InChI is InChI=1S/C17H24N2O/c1-3-17(9-6-10-17)12-18-14-11-16(20)19(2)15-8-5-4-7-13(14)15/h4-5,7-8,14,18H,3,6,9-12H2,1-2H3. The van der Waals surface area contributed by atoms with E-state index in [0.29, 0.717) is 11.8 Å². The second kappa shape index (κ2) is 5.21. The first-order chi connectivity index (χ1) is 9.65. The molecule has 1 aliphatic carbocycles. The van der Waals surface area contributed by atoms with Gasteiger partial charge < -0.3 is 10.2 Å². The Balaban J connectivity index is 1.77. The Morgan fingerprint density at radius 1 is 1.35 bits per heavy atom. The minimum Gasteiger partial charge on any atom is -0.315 e. The van der Waals surface area contributed by atoms with E-state index in [2.05, 4.69) is 24.4 Å². The van der Waals surface area contributed by atoms with Gasteiger partial charge in [0.25, 0.3) is 0 Å². The number of hydrogen-bond acceptors (Lipinski definition) is 2. The lowest BCUT2D eigenvalue weighted by atomic mass is 9.67. The predicted molar refractivity (Wildman–Crippen MR) is 81.8 cm³/mol. The molecule has 3 heteroatoms. The van der Waals surface area contributed by atoms with Crippen molar-refractivity contribution in [2.24, 2.45) is 5.41 Å². The van der Waals surface area contributed by atoms with Crippen LogP contribution in [0.25, 0.3) is 0 Å². The number of rotatable bonds is 4. The summed E-state index contributed by atoms with van der Waals surface area (Å²) in [6, 6.07) is 8.44. The summed E-state index contributed by atoms with van der Waals surface area (Å²) in [4.78, 5) is 13.9. The van der Waals surface area contributed by atoms with Crippen molar-refractivity contribution in [3.63, 3.8) is 0 Å². The second-order valence-corrected chi connectivity index (χ2v) is 6.36. The summed E-state index contributed by atoms with van der Waals surface area (Å²) in [6.07, 6.45) is 5.84. The molecule has 0 radical (unpaired) electrons. The predicted octanol–water partition coefficient (Wildman–Crippen LogP) is 3.26. The molecule has 1 aromatic carbocycles. The number of carbonyl (C=O) groups excluding carboxylic acids is 1. The van der Waals surface area contributed by atoms with Crippen LogP contribution in [0.1, 0.15) is 50.6 Å². The van der Waals surface area contributed by atoms with Crippen LogP contribution < -0.4 is 10.2 Å². The minimum absolute atomic E-state index is 0.180. The van der Waals surface area contributed by atoms with E-state index in [0.717, 1.165) is 12.2 Å². The third kappa shape index (κ3) is 2.24. The molecular weight excluding hydrogens is 248 g/mol. The van der Waals surface area contributed by atoms with Gasteiger partial charge in [-0.05, 0) is 36.3 Å². The Morgan fingerprint density at radius 2 is 2.10 bits per heavy atom. The van der Waals surface area contributed by atoms with Gasteiger partial charge in [-0.25, -0.2) is 0 Å². The zero-order chi connectivity index (χ0) is 14.2. The van der Waals surface area contributed by atoms with Crippen molar-refractivity contribution in [2.75, 3.05) is 18.5 Å². The van der Waals surface area contributed by atoms with Crippen LogP contribution in [-0.2, 0) is 4.79 Å². The summed E-state index contributed by atoms with van der Waals surface area (Å²) in [5.41, 5.74) is 2.81. The van der Waals surface area contributed by atoms with Crippen LogP contribution in [0.4, 0.5) is 5.69 Å². The largest absolute Gasteiger partial charge is 0.315 e. The van der Waals surface area contributed by atoms with E-state index in [4.69, 9.17) is 0 Å². The fourth-order valence-corrected chi connectivity index (χ4v) is 3.50. The lowest BCUT2D eigenvalue weighted by Gasteiger charge is -2.43. The molecule has 20 heavy (non-hydrogen) atoms.